The topological polar surface area (TPSA) is 88.9 Å². The minimum absolute atomic E-state index is 0.265. The molecule has 0 aliphatic heterocycles. The first-order valence-electron chi connectivity index (χ1n) is 6.75. The molecule has 7 nitrogen and oxygen atoms in total. The predicted octanol–water partition coefficient (Wildman–Crippen LogP) is 0.366. The van der Waals surface area contributed by atoms with Gasteiger partial charge in [0.15, 0.2) is 0 Å². The zero-order chi connectivity index (χ0) is 15.1. The van der Waals surface area contributed by atoms with Crippen LogP contribution in [0.15, 0.2) is 41.6 Å². The first-order valence-corrected chi connectivity index (χ1v) is 8.23. The quantitative estimate of drug-likeness (QED) is 0.735. The third-order valence-electron chi connectivity index (χ3n) is 2.92. The van der Waals surface area contributed by atoms with Gasteiger partial charge in [-0.15, -0.1) is 5.10 Å². The number of nitrogens with zero attached hydrogens (tertiary/aromatic N) is 3. The zero-order valence-electron chi connectivity index (χ0n) is 11.9. The Morgan fingerprint density at radius 2 is 2.00 bits per heavy atom. The number of hydrogen-bond donors (Lipinski definition) is 2. The Kier molecular flexibility index (Phi) is 5.43. The summed E-state index contributed by atoms with van der Waals surface area (Å²) in [6.45, 7) is 4.35. The predicted molar refractivity (Wildman–Crippen MR) is 79.0 cm³/mol. The summed E-state index contributed by atoms with van der Waals surface area (Å²) in [7, 11) is -3.48. The van der Waals surface area contributed by atoms with E-state index in [1.165, 1.54) is 0 Å². The Balaban J connectivity index is 1.92. The zero-order valence-corrected chi connectivity index (χ0v) is 12.7. The van der Waals surface area contributed by atoms with Crippen molar-refractivity contribution >= 4 is 10.0 Å². The van der Waals surface area contributed by atoms with E-state index in [2.05, 4.69) is 20.4 Å². The molecule has 2 N–H and O–H groups in total. The summed E-state index contributed by atoms with van der Waals surface area (Å²) in [6, 6.07) is 6.86. The van der Waals surface area contributed by atoms with Gasteiger partial charge in [-0.05, 0) is 24.2 Å². The van der Waals surface area contributed by atoms with E-state index in [0.717, 1.165) is 18.7 Å². The van der Waals surface area contributed by atoms with E-state index in [1.54, 1.807) is 29.2 Å². The van der Waals surface area contributed by atoms with Gasteiger partial charge in [0.25, 0.3) is 0 Å². The fourth-order valence-electron chi connectivity index (χ4n) is 1.79. The number of nitrogens with one attached hydrogen (secondary N) is 2. The van der Waals surface area contributed by atoms with E-state index in [1.807, 2.05) is 19.1 Å². The number of aromatic nitrogens is 3. The van der Waals surface area contributed by atoms with E-state index in [-0.39, 0.29) is 11.4 Å². The Morgan fingerprint density at radius 3 is 2.62 bits per heavy atom. The molecule has 2 aromatic rings. The highest BCUT2D eigenvalue weighted by Crippen LogP contribution is 2.10. The van der Waals surface area contributed by atoms with Gasteiger partial charge in [0.05, 0.1) is 17.6 Å². The van der Waals surface area contributed by atoms with Gasteiger partial charge >= 0.3 is 0 Å². The number of benzene rings is 1. The highest BCUT2D eigenvalue weighted by atomic mass is 32.2. The lowest BCUT2D eigenvalue weighted by Gasteiger charge is -2.08. The molecule has 0 bridgehead atoms. The highest BCUT2D eigenvalue weighted by Gasteiger charge is 2.13. The summed E-state index contributed by atoms with van der Waals surface area (Å²) < 4.78 is 28.3. The summed E-state index contributed by atoms with van der Waals surface area (Å²) in [5.41, 5.74) is 1.05. The largest absolute Gasteiger partial charge is 0.313 e. The Morgan fingerprint density at radius 1 is 1.24 bits per heavy atom. The molecule has 0 spiro atoms. The molecule has 114 valence electrons. The van der Waals surface area contributed by atoms with Gasteiger partial charge in [-0.2, -0.15) is 0 Å². The van der Waals surface area contributed by atoms with E-state index < -0.39 is 10.0 Å². The fourth-order valence-corrected chi connectivity index (χ4v) is 2.81. The summed E-state index contributed by atoms with van der Waals surface area (Å²) in [5.74, 6) is 0. The van der Waals surface area contributed by atoms with Gasteiger partial charge in [-0.3, -0.25) is 4.68 Å². The second kappa shape index (κ2) is 7.30. The molecule has 0 aliphatic carbocycles. The van der Waals surface area contributed by atoms with Crippen LogP contribution in [0.2, 0.25) is 0 Å². The van der Waals surface area contributed by atoms with Crippen LogP contribution in [0, 0.1) is 0 Å². The molecule has 0 radical (unpaired) electrons. The molecule has 8 heteroatoms. The summed E-state index contributed by atoms with van der Waals surface area (Å²) >= 11 is 0. The van der Waals surface area contributed by atoms with Crippen LogP contribution in [0.25, 0.3) is 0 Å². The molecule has 0 amide bonds. The maximum atomic E-state index is 12.1. The standard InChI is InChI=1S/C13H19N5O2S/c1-2-14-11-12-3-5-13(6-4-12)21(19,20)16-8-10-18-9-7-15-17-18/h3-7,9,14,16H,2,8,10-11H2,1H3. The molecule has 0 unspecified atom stereocenters. The summed E-state index contributed by atoms with van der Waals surface area (Å²) in [5, 5.41) is 10.6. The van der Waals surface area contributed by atoms with Gasteiger partial charge in [0.1, 0.15) is 0 Å². The first-order chi connectivity index (χ1) is 10.1. The van der Waals surface area contributed by atoms with Gasteiger partial charge in [-0.25, -0.2) is 13.1 Å². The average molecular weight is 309 g/mol. The SMILES string of the molecule is CCNCc1ccc(S(=O)(=O)NCCn2ccnn2)cc1. The molecule has 2 rings (SSSR count). The van der Waals surface area contributed by atoms with Gasteiger partial charge in [-0.1, -0.05) is 24.3 Å². The van der Waals surface area contributed by atoms with Crippen LogP contribution < -0.4 is 10.0 Å². The lowest BCUT2D eigenvalue weighted by molar-refractivity contribution is 0.553. The Bertz CT molecular complexity index is 638. The highest BCUT2D eigenvalue weighted by molar-refractivity contribution is 7.89. The molecular formula is C13H19N5O2S. The number of rotatable bonds is 8. The van der Waals surface area contributed by atoms with Gasteiger partial charge < -0.3 is 5.32 Å². The minimum Gasteiger partial charge on any atom is -0.313 e. The lowest BCUT2D eigenvalue weighted by atomic mass is 10.2. The van der Waals surface area contributed by atoms with Crippen molar-refractivity contribution in [1.29, 1.82) is 0 Å². The van der Waals surface area contributed by atoms with E-state index >= 15 is 0 Å². The molecule has 0 aliphatic rings. The molecule has 0 saturated carbocycles. The Hall–Kier alpha value is -1.77. The Labute approximate surface area is 124 Å². The van der Waals surface area contributed by atoms with Crippen molar-refractivity contribution in [3.63, 3.8) is 0 Å². The first kappa shape index (κ1) is 15.6. The lowest BCUT2D eigenvalue weighted by Crippen LogP contribution is -2.27. The van der Waals surface area contributed by atoms with Crippen LogP contribution in [-0.2, 0) is 23.1 Å². The van der Waals surface area contributed by atoms with Crippen molar-refractivity contribution in [3.05, 3.63) is 42.2 Å². The second-order valence-corrected chi connectivity index (χ2v) is 6.26. The molecule has 1 heterocycles. The maximum absolute atomic E-state index is 12.1. The molecule has 0 fully saturated rings. The van der Waals surface area contributed by atoms with Crippen LogP contribution in [0.4, 0.5) is 0 Å². The van der Waals surface area contributed by atoms with Crippen molar-refractivity contribution < 1.29 is 8.42 Å². The molecule has 0 saturated heterocycles. The molecule has 1 aromatic carbocycles. The summed E-state index contributed by atoms with van der Waals surface area (Å²) in [4.78, 5) is 0.265. The van der Waals surface area contributed by atoms with Crippen LogP contribution in [0.5, 0.6) is 0 Å². The second-order valence-electron chi connectivity index (χ2n) is 4.49. The molecule has 0 atom stereocenters. The van der Waals surface area contributed by atoms with Crippen LogP contribution in [-0.4, -0.2) is 36.5 Å². The number of hydrogen-bond acceptors (Lipinski definition) is 5. The van der Waals surface area contributed by atoms with E-state index in [0.29, 0.717) is 6.54 Å². The molecule has 1 aromatic heterocycles. The van der Waals surface area contributed by atoms with Crippen molar-refractivity contribution in [3.8, 4) is 0 Å². The monoisotopic (exact) mass is 309 g/mol. The van der Waals surface area contributed by atoms with Crippen molar-refractivity contribution in [2.45, 2.75) is 24.9 Å². The molecular weight excluding hydrogens is 290 g/mol. The van der Waals surface area contributed by atoms with Crippen LogP contribution in [0.3, 0.4) is 0 Å². The molecule has 21 heavy (non-hydrogen) atoms. The fraction of sp³-hybridized carbons (Fsp3) is 0.385. The average Bonchev–Trinajstić information content (AvgIpc) is 2.98. The van der Waals surface area contributed by atoms with Crippen molar-refractivity contribution in [2.24, 2.45) is 0 Å². The smallest absolute Gasteiger partial charge is 0.240 e. The van der Waals surface area contributed by atoms with Crippen molar-refractivity contribution in [1.82, 2.24) is 25.0 Å². The minimum atomic E-state index is -3.48. The normalized spacial score (nSPS) is 11.7. The third-order valence-corrected chi connectivity index (χ3v) is 4.39. The number of sulfonamides is 1. The van der Waals surface area contributed by atoms with Crippen LogP contribution >= 0.6 is 0 Å². The maximum Gasteiger partial charge on any atom is 0.240 e. The third kappa shape index (κ3) is 4.62. The van der Waals surface area contributed by atoms with Crippen molar-refractivity contribution in [2.75, 3.05) is 13.1 Å². The van der Waals surface area contributed by atoms with Gasteiger partial charge in [0, 0.05) is 19.3 Å². The summed E-state index contributed by atoms with van der Waals surface area (Å²) in [6.07, 6.45) is 3.24. The van der Waals surface area contributed by atoms with Gasteiger partial charge in [0.2, 0.25) is 10.0 Å². The van der Waals surface area contributed by atoms with Crippen LogP contribution in [0.1, 0.15) is 12.5 Å². The van der Waals surface area contributed by atoms with E-state index in [4.69, 9.17) is 0 Å². The van der Waals surface area contributed by atoms with E-state index in [9.17, 15) is 8.42 Å².